The Balaban J connectivity index is 0.000000660. The van der Waals surface area contributed by atoms with E-state index in [0.29, 0.717) is 10.1 Å². The zero-order valence-electron chi connectivity index (χ0n) is 17.9. The number of rotatable bonds is 3. The molecule has 0 saturated heterocycles. The summed E-state index contributed by atoms with van der Waals surface area (Å²) in [6, 6.07) is 0. The van der Waals surface area contributed by atoms with Crippen LogP contribution < -0.4 is 10.2 Å². The van der Waals surface area contributed by atoms with E-state index in [4.69, 9.17) is 13.5 Å². The first-order valence-corrected chi connectivity index (χ1v) is 12.5. The molecule has 0 spiro atoms. The standard InChI is InChI=1S/C14H19.C7H12O2.2CH3O.Ti/c1-10-11-6-2-4-8-13(11)14-9-5-3-7-12(10)14;8-7(9)6-4-2-1-3-5-6;2*1-2;/h6,10H,2-5,7-9H2,1H3;6H,1-5H2,(H,8,9);2*1H3;/q;;2*-1;+3/p-1. The normalized spacial score (nSPS) is 26.8. The number of carbonyl (C=O) groups excluding carboxylic acids is 1. The molecule has 156 valence electrons. The summed E-state index contributed by atoms with van der Waals surface area (Å²) in [5, 5.41) is 16.5. The minimum absolute atomic E-state index is 0.144. The van der Waals surface area contributed by atoms with E-state index in [1.165, 1.54) is 64.2 Å². The third-order valence-electron chi connectivity index (χ3n) is 6.75. The van der Waals surface area contributed by atoms with E-state index in [1.807, 2.05) is 0 Å². The molecule has 0 radical (unpaired) electrons. The van der Waals surface area contributed by atoms with Crippen LogP contribution in [0.15, 0.2) is 22.3 Å². The molecule has 0 amide bonds. The third kappa shape index (κ3) is 5.39. The molecule has 2 atom stereocenters. The van der Waals surface area contributed by atoms with E-state index < -0.39 is 19.5 Å². The number of carbonyl (C=O) groups is 1. The molecule has 28 heavy (non-hydrogen) atoms. The van der Waals surface area contributed by atoms with Crippen molar-refractivity contribution in [1.29, 1.82) is 0 Å². The molecule has 4 aliphatic rings. The minimum atomic E-state index is -0.641. The molecule has 0 aromatic heterocycles. The van der Waals surface area contributed by atoms with Gasteiger partial charge in [0.15, 0.2) is 0 Å². The summed E-state index contributed by atoms with van der Waals surface area (Å²) in [5.41, 5.74) is 6.91. The summed E-state index contributed by atoms with van der Waals surface area (Å²) < 4.78 is 6.58. The molecular formula is C23H36O4Ti. The van der Waals surface area contributed by atoms with Crippen LogP contribution in [0.4, 0.5) is 0 Å². The van der Waals surface area contributed by atoms with Gasteiger partial charge in [-0.05, 0) is 0 Å². The molecule has 1 saturated carbocycles. The average Bonchev–Trinajstić information content (AvgIpc) is 3.08. The fraction of sp³-hybridized carbons (Fsp3) is 0.783. The average molecular weight is 424 g/mol. The van der Waals surface area contributed by atoms with Gasteiger partial charge in [-0.3, -0.25) is 0 Å². The third-order valence-corrected chi connectivity index (χ3v) is 8.63. The summed E-state index contributed by atoms with van der Waals surface area (Å²) in [7, 11) is 1.50. The summed E-state index contributed by atoms with van der Waals surface area (Å²) in [4.78, 5) is 12.4. The van der Waals surface area contributed by atoms with Crippen molar-refractivity contribution in [3.8, 4) is 0 Å². The van der Waals surface area contributed by atoms with Gasteiger partial charge in [-0.1, -0.05) is 0 Å². The molecule has 0 aromatic rings. The first-order chi connectivity index (χ1) is 13.8. The van der Waals surface area contributed by atoms with Gasteiger partial charge in [-0.15, -0.1) is 0 Å². The largest absolute Gasteiger partial charge is 0.857 e. The maximum absolute atomic E-state index is 12.4. The van der Waals surface area contributed by atoms with Crippen LogP contribution in [0.1, 0.15) is 84.0 Å². The van der Waals surface area contributed by atoms with Gasteiger partial charge >= 0.3 is 156 Å². The molecule has 0 aliphatic heterocycles. The second kappa shape index (κ2) is 12.3. The van der Waals surface area contributed by atoms with Crippen LogP contribution in [-0.4, -0.2) is 20.2 Å². The number of fused-ring (bicyclic) bond motifs is 1. The zero-order chi connectivity index (χ0) is 20.5. The van der Waals surface area contributed by atoms with Crippen molar-refractivity contribution in [2.45, 2.75) is 88.2 Å². The summed E-state index contributed by atoms with van der Waals surface area (Å²) >= 11 is -0.641. The van der Waals surface area contributed by atoms with E-state index in [-0.39, 0.29) is 11.9 Å². The molecule has 4 rings (SSSR count). The molecule has 2 unspecified atom stereocenters. The molecule has 5 heteroatoms. The van der Waals surface area contributed by atoms with Crippen LogP contribution in [0.25, 0.3) is 0 Å². The number of hydrogen-bond acceptors (Lipinski definition) is 4. The molecule has 4 nitrogen and oxygen atoms in total. The predicted molar refractivity (Wildman–Crippen MR) is 104 cm³/mol. The Morgan fingerprint density at radius 1 is 0.857 bits per heavy atom. The molecule has 4 aliphatic carbocycles. The summed E-state index contributed by atoms with van der Waals surface area (Å²) in [6.07, 6.45) is 15.1. The van der Waals surface area contributed by atoms with E-state index in [2.05, 4.69) is 6.92 Å². The zero-order valence-corrected chi connectivity index (χ0v) is 19.4. The summed E-state index contributed by atoms with van der Waals surface area (Å²) in [6.45, 7) is 2.43. The van der Waals surface area contributed by atoms with Crippen molar-refractivity contribution in [3.05, 3.63) is 22.3 Å². The van der Waals surface area contributed by atoms with Crippen LogP contribution in [0.3, 0.4) is 0 Å². The van der Waals surface area contributed by atoms with Gasteiger partial charge < -0.3 is 10.2 Å². The van der Waals surface area contributed by atoms with Crippen molar-refractivity contribution in [3.63, 3.8) is 0 Å². The second-order valence-electron chi connectivity index (χ2n) is 8.19. The fourth-order valence-corrected chi connectivity index (χ4v) is 7.52. The van der Waals surface area contributed by atoms with E-state index >= 15 is 0 Å². The van der Waals surface area contributed by atoms with Gasteiger partial charge in [0.05, 0.1) is 0 Å². The Labute approximate surface area is 180 Å². The van der Waals surface area contributed by atoms with Gasteiger partial charge in [0.2, 0.25) is 0 Å². The quantitative estimate of drug-likeness (QED) is 0.646. The Bertz CT molecular complexity index is 575. The van der Waals surface area contributed by atoms with Gasteiger partial charge in [-0.2, -0.15) is 14.2 Å². The molecule has 0 N–H and O–H groups in total. The maximum Gasteiger partial charge on any atom is -0.153 e. The Morgan fingerprint density at radius 3 is 2.21 bits per heavy atom. The van der Waals surface area contributed by atoms with E-state index in [9.17, 15) is 4.79 Å². The number of allylic oxidation sites excluding steroid dienone is 4. The van der Waals surface area contributed by atoms with Crippen LogP contribution in [0, 0.1) is 11.8 Å². The van der Waals surface area contributed by atoms with Gasteiger partial charge in [0.25, 0.3) is 0 Å². The molecule has 0 heterocycles. The van der Waals surface area contributed by atoms with Crippen molar-refractivity contribution < 1.29 is 37.9 Å². The van der Waals surface area contributed by atoms with Gasteiger partial charge in [0, 0.05) is 0 Å². The van der Waals surface area contributed by atoms with Gasteiger partial charge in [-0.25, -0.2) is 0 Å². The molecular weight excluding hydrogens is 388 g/mol. The SMILES string of the molecule is CC1C2=C(CCCC2)C2=C1[CH]([Ti+2][O]C(=O)C1CCCCC1)CCC2.C[O-].C[O-]. The Kier molecular flexibility index (Phi) is 10.5. The first kappa shape index (κ1) is 23.9. The second-order valence-corrected chi connectivity index (χ2v) is 9.96. The topological polar surface area (TPSA) is 72.4 Å². The minimum Gasteiger partial charge on any atom is -0.857 e. The maximum atomic E-state index is 12.4. The van der Waals surface area contributed by atoms with Crippen LogP contribution >= 0.6 is 0 Å². The predicted octanol–water partition coefficient (Wildman–Crippen LogP) is 3.85. The van der Waals surface area contributed by atoms with Crippen LogP contribution in [-0.2, 0) is 27.7 Å². The molecule has 0 bridgehead atoms. The Morgan fingerprint density at radius 2 is 1.50 bits per heavy atom. The van der Waals surface area contributed by atoms with E-state index in [0.717, 1.165) is 27.1 Å². The van der Waals surface area contributed by atoms with E-state index in [1.54, 1.807) is 22.3 Å². The smallest absolute Gasteiger partial charge is 0.153 e. The van der Waals surface area contributed by atoms with Gasteiger partial charge in [0.1, 0.15) is 0 Å². The summed E-state index contributed by atoms with van der Waals surface area (Å²) in [5.74, 6) is 1.01. The van der Waals surface area contributed by atoms with Crippen LogP contribution in [0.5, 0.6) is 0 Å². The molecule has 0 aromatic carbocycles. The first-order valence-electron chi connectivity index (χ1n) is 11.0. The van der Waals surface area contributed by atoms with Crippen molar-refractivity contribution in [1.82, 2.24) is 0 Å². The van der Waals surface area contributed by atoms with Crippen molar-refractivity contribution in [2.24, 2.45) is 11.8 Å². The monoisotopic (exact) mass is 424 g/mol. The van der Waals surface area contributed by atoms with Crippen LogP contribution in [0.2, 0.25) is 4.22 Å². The Hall–Kier alpha value is -0.416. The fourth-order valence-electron chi connectivity index (χ4n) is 5.49. The number of hydrogen-bond donors (Lipinski definition) is 0. The van der Waals surface area contributed by atoms with Crippen molar-refractivity contribution >= 4 is 5.97 Å². The van der Waals surface area contributed by atoms with Crippen molar-refractivity contribution in [2.75, 3.05) is 14.2 Å². The molecule has 1 fully saturated rings.